The van der Waals surface area contributed by atoms with Gasteiger partial charge in [-0.05, 0) is 24.6 Å². The standard InChI is InChI=1S/C14H12N6/c1-9(11-4-2-3-10(5-11)6-15)20-14-12-13(17-7-16-12)18-8-19-14/h2-5,7-9H,1H3,(H2,16,17,18,19,20). The second-order valence-electron chi connectivity index (χ2n) is 4.43. The number of H-pyrrole nitrogens is 1. The number of aromatic amines is 1. The highest BCUT2D eigenvalue weighted by molar-refractivity contribution is 5.82. The SMILES string of the molecule is CC(Nc1ncnc2nc[nH]c12)c1cccc(C#N)c1. The first-order valence-corrected chi connectivity index (χ1v) is 6.18. The number of hydrogen-bond donors (Lipinski definition) is 2. The molecular formula is C14H12N6. The summed E-state index contributed by atoms with van der Waals surface area (Å²) in [6.45, 7) is 2.01. The molecule has 0 fully saturated rings. The van der Waals surface area contributed by atoms with Crippen molar-refractivity contribution in [3.05, 3.63) is 48.0 Å². The Labute approximate surface area is 115 Å². The van der Waals surface area contributed by atoms with Gasteiger partial charge in [0.25, 0.3) is 0 Å². The smallest absolute Gasteiger partial charge is 0.182 e. The molecule has 6 nitrogen and oxygen atoms in total. The number of aromatic nitrogens is 4. The van der Waals surface area contributed by atoms with E-state index in [2.05, 4.69) is 31.3 Å². The molecular weight excluding hydrogens is 252 g/mol. The Hall–Kier alpha value is -2.94. The van der Waals surface area contributed by atoms with Crippen LogP contribution in [0, 0.1) is 11.3 Å². The molecule has 0 amide bonds. The maximum Gasteiger partial charge on any atom is 0.182 e. The van der Waals surface area contributed by atoms with Gasteiger partial charge in [-0.15, -0.1) is 0 Å². The molecule has 0 aliphatic carbocycles. The van der Waals surface area contributed by atoms with E-state index in [-0.39, 0.29) is 6.04 Å². The van der Waals surface area contributed by atoms with Gasteiger partial charge in [0.1, 0.15) is 11.8 Å². The summed E-state index contributed by atoms with van der Waals surface area (Å²) in [4.78, 5) is 15.4. The molecule has 0 radical (unpaired) electrons. The van der Waals surface area contributed by atoms with E-state index >= 15 is 0 Å². The lowest BCUT2D eigenvalue weighted by atomic mass is 10.1. The second kappa shape index (κ2) is 4.97. The van der Waals surface area contributed by atoms with Gasteiger partial charge in [-0.1, -0.05) is 12.1 Å². The normalized spacial score (nSPS) is 12.0. The minimum Gasteiger partial charge on any atom is -0.362 e. The van der Waals surface area contributed by atoms with Gasteiger partial charge in [0, 0.05) is 0 Å². The number of nitrogens with zero attached hydrogens (tertiary/aromatic N) is 4. The fourth-order valence-corrected chi connectivity index (χ4v) is 2.04. The third kappa shape index (κ3) is 2.17. The zero-order valence-electron chi connectivity index (χ0n) is 10.8. The summed E-state index contributed by atoms with van der Waals surface area (Å²) < 4.78 is 0. The van der Waals surface area contributed by atoms with Crippen molar-refractivity contribution < 1.29 is 0 Å². The van der Waals surface area contributed by atoms with Gasteiger partial charge in [-0.3, -0.25) is 0 Å². The molecule has 0 aliphatic heterocycles. The van der Waals surface area contributed by atoms with Crippen LogP contribution in [-0.2, 0) is 0 Å². The van der Waals surface area contributed by atoms with E-state index in [1.807, 2.05) is 25.1 Å². The maximum atomic E-state index is 8.94. The zero-order valence-corrected chi connectivity index (χ0v) is 10.8. The van der Waals surface area contributed by atoms with Gasteiger partial charge < -0.3 is 10.3 Å². The highest BCUT2D eigenvalue weighted by Gasteiger charge is 2.10. The molecule has 0 saturated heterocycles. The maximum absolute atomic E-state index is 8.94. The lowest BCUT2D eigenvalue weighted by molar-refractivity contribution is 0.874. The van der Waals surface area contributed by atoms with E-state index in [1.165, 1.54) is 6.33 Å². The minimum atomic E-state index is 0.0182. The predicted octanol–water partition coefficient (Wildman–Crippen LogP) is 2.40. The first kappa shape index (κ1) is 12.1. The lowest BCUT2D eigenvalue weighted by Crippen LogP contribution is -2.08. The van der Waals surface area contributed by atoms with Crippen LogP contribution in [0.3, 0.4) is 0 Å². The van der Waals surface area contributed by atoms with E-state index in [1.54, 1.807) is 12.4 Å². The van der Waals surface area contributed by atoms with Crippen molar-refractivity contribution in [3.63, 3.8) is 0 Å². The number of hydrogen-bond acceptors (Lipinski definition) is 5. The molecule has 0 aliphatic rings. The van der Waals surface area contributed by atoms with Gasteiger partial charge in [0.2, 0.25) is 0 Å². The molecule has 2 N–H and O–H groups in total. The van der Waals surface area contributed by atoms with E-state index in [0.29, 0.717) is 17.0 Å². The Morgan fingerprint density at radius 2 is 2.20 bits per heavy atom. The Bertz CT molecular complexity index is 785. The molecule has 1 atom stereocenters. The molecule has 0 spiro atoms. The highest BCUT2D eigenvalue weighted by atomic mass is 15.1. The molecule has 0 saturated carbocycles. The Balaban J connectivity index is 1.90. The van der Waals surface area contributed by atoms with Crippen molar-refractivity contribution in [2.24, 2.45) is 0 Å². The lowest BCUT2D eigenvalue weighted by Gasteiger charge is -2.15. The van der Waals surface area contributed by atoms with Crippen LogP contribution in [-0.4, -0.2) is 19.9 Å². The summed E-state index contributed by atoms with van der Waals surface area (Å²) in [5, 5.41) is 12.2. The Morgan fingerprint density at radius 1 is 1.30 bits per heavy atom. The van der Waals surface area contributed by atoms with Crippen molar-refractivity contribution in [1.82, 2.24) is 19.9 Å². The van der Waals surface area contributed by atoms with Crippen LogP contribution in [0.5, 0.6) is 0 Å². The van der Waals surface area contributed by atoms with Crippen LogP contribution >= 0.6 is 0 Å². The summed E-state index contributed by atoms with van der Waals surface area (Å²) in [6.07, 6.45) is 3.06. The fourth-order valence-electron chi connectivity index (χ4n) is 2.04. The number of imidazole rings is 1. The van der Waals surface area contributed by atoms with Crippen molar-refractivity contribution in [1.29, 1.82) is 5.26 Å². The molecule has 2 heterocycles. The zero-order chi connectivity index (χ0) is 13.9. The molecule has 98 valence electrons. The van der Waals surface area contributed by atoms with Crippen molar-refractivity contribution >= 4 is 17.0 Å². The molecule has 6 heteroatoms. The Morgan fingerprint density at radius 3 is 3.05 bits per heavy atom. The van der Waals surface area contributed by atoms with Gasteiger partial charge in [-0.25, -0.2) is 15.0 Å². The molecule has 1 unspecified atom stereocenters. The van der Waals surface area contributed by atoms with Crippen LogP contribution in [0.2, 0.25) is 0 Å². The molecule has 20 heavy (non-hydrogen) atoms. The molecule has 3 aromatic rings. The average Bonchev–Trinajstić information content (AvgIpc) is 2.97. The minimum absolute atomic E-state index is 0.0182. The van der Waals surface area contributed by atoms with Gasteiger partial charge in [0.05, 0.1) is 24.0 Å². The highest BCUT2D eigenvalue weighted by Crippen LogP contribution is 2.22. The van der Waals surface area contributed by atoms with Crippen molar-refractivity contribution in [2.45, 2.75) is 13.0 Å². The molecule has 0 bridgehead atoms. The predicted molar refractivity (Wildman–Crippen MR) is 74.9 cm³/mol. The Kier molecular flexibility index (Phi) is 3.01. The molecule has 2 aromatic heterocycles. The number of rotatable bonds is 3. The van der Waals surface area contributed by atoms with Crippen LogP contribution in [0.4, 0.5) is 5.82 Å². The van der Waals surface area contributed by atoms with Crippen LogP contribution in [0.1, 0.15) is 24.1 Å². The number of anilines is 1. The monoisotopic (exact) mass is 264 g/mol. The molecule has 3 rings (SSSR count). The second-order valence-corrected chi connectivity index (χ2v) is 4.43. The van der Waals surface area contributed by atoms with Crippen LogP contribution in [0.25, 0.3) is 11.2 Å². The largest absolute Gasteiger partial charge is 0.362 e. The van der Waals surface area contributed by atoms with E-state index in [0.717, 1.165) is 11.1 Å². The van der Waals surface area contributed by atoms with Gasteiger partial charge in [-0.2, -0.15) is 5.26 Å². The third-order valence-electron chi connectivity index (χ3n) is 3.09. The van der Waals surface area contributed by atoms with Gasteiger partial charge >= 0.3 is 0 Å². The number of benzene rings is 1. The number of fused-ring (bicyclic) bond motifs is 1. The topological polar surface area (TPSA) is 90.3 Å². The van der Waals surface area contributed by atoms with Crippen molar-refractivity contribution in [3.8, 4) is 6.07 Å². The first-order chi connectivity index (χ1) is 9.78. The van der Waals surface area contributed by atoms with Crippen LogP contribution in [0.15, 0.2) is 36.9 Å². The number of nitrogens with one attached hydrogen (secondary N) is 2. The first-order valence-electron chi connectivity index (χ1n) is 6.18. The van der Waals surface area contributed by atoms with E-state index in [4.69, 9.17) is 5.26 Å². The number of nitriles is 1. The van der Waals surface area contributed by atoms with E-state index in [9.17, 15) is 0 Å². The fraction of sp³-hybridized carbons (Fsp3) is 0.143. The average molecular weight is 264 g/mol. The summed E-state index contributed by atoms with van der Waals surface area (Å²) in [7, 11) is 0. The van der Waals surface area contributed by atoms with Crippen LogP contribution < -0.4 is 5.32 Å². The summed E-state index contributed by atoms with van der Waals surface area (Å²) in [5.41, 5.74) is 3.07. The van der Waals surface area contributed by atoms with Gasteiger partial charge in [0.15, 0.2) is 11.5 Å². The molecule has 1 aromatic carbocycles. The quantitative estimate of drug-likeness (QED) is 0.758. The van der Waals surface area contributed by atoms with Crippen molar-refractivity contribution in [2.75, 3.05) is 5.32 Å². The third-order valence-corrected chi connectivity index (χ3v) is 3.09. The summed E-state index contributed by atoms with van der Waals surface area (Å²) in [5.74, 6) is 0.697. The van der Waals surface area contributed by atoms with E-state index < -0.39 is 0 Å². The summed E-state index contributed by atoms with van der Waals surface area (Å²) >= 11 is 0. The summed E-state index contributed by atoms with van der Waals surface area (Å²) in [6, 6.07) is 9.66.